The van der Waals surface area contributed by atoms with Gasteiger partial charge in [-0.25, -0.2) is 9.50 Å². The third-order valence-corrected chi connectivity index (χ3v) is 5.65. The van der Waals surface area contributed by atoms with Crippen LogP contribution in [0.25, 0.3) is 16.9 Å². The van der Waals surface area contributed by atoms with Crippen LogP contribution in [-0.2, 0) is 13.5 Å². The van der Waals surface area contributed by atoms with Crippen LogP contribution >= 0.6 is 11.6 Å². The summed E-state index contributed by atoms with van der Waals surface area (Å²) in [5.41, 5.74) is 4.83. The van der Waals surface area contributed by atoms with E-state index in [4.69, 9.17) is 11.6 Å². The van der Waals surface area contributed by atoms with E-state index in [1.54, 1.807) is 27.7 Å². The second-order valence-electron chi connectivity index (χ2n) is 7.40. The highest BCUT2D eigenvalue weighted by atomic mass is 35.5. The van der Waals surface area contributed by atoms with E-state index in [0.717, 1.165) is 40.4 Å². The van der Waals surface area contributed by atoms with E-state index in [0.29, 0.717) is 11.3 Å². The van der Waals surface area contributed by atoms with Gasteiger partial charge in [0.05, 0.1) is 11.9 Å². The maximum absolute atomic E-state index is 12.8. The van der Waals surface area contributed by atoms with Crippen LogP contribution in [0.2, 0.25) is 5.02 Å². The summed E-state index contributed by atoms with van der Waals surface area (Å²) in [4.78, 5) is 17.1. The third kappa shape index (κ3) is 3.93. The molecule has 0 spiro atoms. The Hall–Kier alpha value is -3.19. The molecule has 0 fully saturated rings. The van der Waals surface area contributed by atoms with Crippen LogP contribution in [0.4, 0.5) is 0 Å². The molecule has 1 amide bonds. The monoisotopic (exact) mass is 422 g/mol. The molecular weight excluding hydrogens is 400 g/mol. The predicted octanol–water partition coefficient (Wildman–Crippen LogP) is 3.84. The molecule has 0 radical (unpaired) electrons. The first-order valence-electron chi connectivity index (χ1n) is 9.82. The molecule has 1 aromatic carbocycles. The Morgan fingerprint density at radius 2 is 2.07 bits per heavy atom. The summed E-state index contributed by atoms with van der Waals surface area (Å²) in [6.45, 7) is 3.97. The Morgan fingerprint density at radius 1 is 1.27 bits per heavy atom. The molecule has 0 aliphatic carbocycles. The molecule has 4 rings (SSSR count). The molecule has 0 saturated carbocycles. The van der Waals surface area contributed by atoms with E-state index in [1.165, 1.54) is 0 Å². The van der Waals surface area contributed by atoms with Gasteiger partial charge in [-0.1, -0.05) is 29.8 Å². The first kappa shape index (κ1) is 20.1. The van der Waals surface area contributed by atoms with Crippen molar-refractivity contribution in [1.29, 1.82) is 0 Å². The van der Waals surface area contributed by atoms with Crippen LogP contribution < -0.4 is 5.32 Å². The molecule has 8 heteroatoms. The van der Waals surface area contributed by atoms with Gasteiger partial charge in [0, 0.05) is 41.6 Å². The fourth-order valence-corrected chi connectivity index (χ4v) is 3.63. The van der Waals surface area contributed by atoms with Crippen LogP contribution in [0.1, 0.15) is 35.1 Å². The quantitative estimate of drug-likeness (QED) is 0.512. The van der Waals surface area contributed by atoms with Gasteiger partial charge < -0.3 is 5.32 Å². The van der Waals surface area contributed by atoms with E-state index in [9.17, 15) is 4.79 Å². The predicted molar refractivity (Wildman–Crippen MR) is 117 cm³/mol. The molecule has 3 aromatic heterocycles. The number of nitrogens with one attached hydrogen (secondary N) is 1. The first-order chi connectivity index (χ1) is 14.4. The van der Waals surface area contributed by atoms with Crippen molar-refractivity contribution >= 4 is 23.2 Å². The van der Waals surface area contributed by atoms with E-state index in [2.05, 4.69) is 20.5 Å². The van der Waals surface area contributed by atoms with Crippen LogP contribution in [0.15, 0.2) is 48.8 Å². The molecule has 0 aliphatic rings. The number of nitrogens with zero attached hydrogens (tertiary/aromatic N) is 5. The number of fused-ring (bicyclic) bond motifs is 1. The molecular formula is C22H23ClN6O. The zero-order chi connectivity index (χ0) is 21.3. The van der Waals surface area contributed by atoms with Gasteiger partial charge >= 0.3 is 0 Å². The van der Waals surface area contributed by atoms with Crippen molar-refractivity contribution in [3.63, 3.8) is 0 Å². The highest BCUT2D eigenvalue weighted by Crippen LogP contribution is 2.23. The average molecular weight is 423 g/mol. The lowest BCUT2D eigenvalue weighted by Gasteiger charge is -2.13. The summed E-state index contributed by atoms with van der Waals surface area (Å²) < 4.78 is 3.49. The molecule has 3 heterocycles. The van der Waals surface area contributed by atoms with E-state index in [1.807, 2.05) is 51.2 Å². The van der Waals surface area contributed by atoms with Crippen molar-refractivity contribution in [2.24, 2.45) is 7.05 Å². The molecule has 1 N–H and O–H groups in total. The highest BCUT2D eigenvalue weighted by Gasteiger charge is 2.17. The van der Waals surface area contributed by atoms with Crippen LogP contribution in [0.3, 0.4) is 0 Å². The molecule has 0 aliphatic heterocycles. The zero-order valence-electron chi connectivity index (χ0n) is 17.1. The highest BCUT2D eigenvalue weighted by molar-refractivity contribution is 6.31. The number of rotatable bonds is 6. The summed E-state index contributed by atoms with van der Waals surface area (Å²) in [6, 6.07) is 11.3. The lowest BCUT2D eigenvalue weighted by molar-refractivity contribution is 0.0933. The van der Waals surface area contributed by atoms with Gasteiger partial charge in [-0.05, 0) is 44.4 Å². The fourth-order valence-electron chi connectivity index (χ4n) is 3.40. The number of hydrogen-bond donors (Lipinski definition) is 1. The van der Waals surface area contributed by atoms with Gasteiger partial charge in [0.2, 0.25) is 0 Å². The minimum Gasteiger partial charge on any atom is -0.348 e. The zero-order valence-corrected chi connectivity index (χ0v) is 17.9. The van der Waals surface area contributed by atoms with Gasteiger partial charge in [0.25, 0.3) is 5.91 Å². The van der Waals surface area contributed by atoms with Crippen LogP contribution in [-0.4, -0.2) is 36.3 Å². The number of amides is 1. The molecule has 1 unspecified atom stereocenters. The summed E-state index contributed by atoms with van der Waals surface area (Å²) in [6.07, 6.45) is 5.08. The minimum atomic E-state index is -0.221. The molecule has 154 valence electrons. The topological polar surface area (TPSA) is 77.1 Å². The minimum absolute atomic E-state index is 0.0217. The summed E-state index contributed by atoms with van der Waals surface area (Å²) in [7, 11) is 1.89. The standard InChI is InChI=1S/C22H23ClN6O/c1-14(8-9-16-6-4-5-7-18(16)23)26-22(30)19-12-21-24-11-10-20(29(21)27-19)17-13-25-28(3)15(17)2/h4-7,10-14H,8-9H2,1-3H3,(H,26,30). The van der Waals surface area contributed by atoms with Crippen LogP contribution in [0.5, 0.6) is 0 Å². The fraction of sp³-hybridized carbons (Fsp3) is 0.273. The third-order valence-electron chi connectivity index (χ3n) is 5.28. The average Bonchev–Trinajstić information content (AvgIpc) is 3.31. The lowest BCUT2D eigenvalue weighted by Crippen LogP contribution is -2.33. The van der Waals surface area contributed by atoms with Gasteiger partial charge in [-0.3, -0.25) is 9.48 Å². The maximum Gasteiger partial charge on any atom is 0.272 e. The number of hydrogen-bond acceptors (Lipinski definition) is 4. The number of aryl methyl sites for hydroxylation is 2. The normalized spacial score (nSPS) is 12.3. The Kier molecular flexibility index (Phi) is 5.55. The number of carbonyl (C=O) groups excluding carboxylic acids is 1. The summed E-state index contributed by atoms with van der Waals surface area (Å²) in [5, 5.41) is 12.6. The first-order valence-corrected chi connectivity index (χ1v) is 10.2. The van der Waals surface area contributed by atoms with E-state index >= 15 is 0 Å². The molecule has 4 aromatic rings. The molecule has 30 heavy (non-hydrogen) atoms. The Balaban J connectivity index is 1.50. The second-order valence-corrected chi connectivity index (χ2v) is 7.81. The number of halogens is 1. The van der Waals surface area contributed by atoms with Crippen LogP contribution in [0, 0.1) is 6.92 Å². The second kappa shape index (κ2) is 8.28. The Bertz CT molecular complexity index is 1210. The lowest BCUT2D eigenvalue weighted by atomic mass is 10.1. The van der Waals surface area contributed by atoms with Gasteiger partial charge in [-0.2, -0.15) is 10.2 Å². The Morgan fingerprint density at radius 3 is 2.80 bits per heavy atom. The molecule has 0 saturated heterocycles. The molecule has 0 bridgehead atoms. The number of carbonyl (C=O) groups is 1. The SMILES string of the molecule is Cc1c(-c2ccnc3cc(C(=O)NC(C)CCc4ccccc4Cl)nn23)cnn1C. The van der Waals surface area contributed by atoms with Gasteiger partial charge in [0.1, 0.15) is 0 Å². The maximum atomic E-state index is 12.8. The van der Waals surface area contributed by atoms with Crippen molar-refractivity contribution in [3.8, 4) is 11.3 Å². The molecule has 1 atom stereocenters. The number of aromatic nitrogens is 5. The Labute approximate surface area is 179 Å². The summed E-state index contributed by atoms with van der Waals surface area (Å²) >= 11 is 6.22. The largest absolute Gasteiger partial charge is 0.348 e. The number of benzene rings is 1. The van der Waals surface area contributed by atoms with Crippen molar-refractivity contribution in [3.05, 3.63) is 70.8 Å². The van der Waals surface area contributed by atoms with Crippen molar-refractivity contribution in [1.82, 2.24) is 29.7 Å². The van der Waals surface area contributed by atoms with Crippen molar-refractivity contribution < 1.29 is 4.79 Å². The van der Waals surface area contributed by atoms with Gasteiger partial charge in [-0.15, -0.1) is 0 Å². The summed E-state index contributed by atoms with van der Waals surface area (Å²) in [5.74, 6) is -0.221. The van der Waals surface area contributed by atoms with Gasteiger partial charge in [0.15, 0.2) is 11.3 Å². The van der Waals surface area contributed by atoms with E-state index < -0.39 is 0 Å². The van der Waals surface area contributed by atoms with Crippen molar-refractivity contribution in [2.45, 2.75) is 32.7 Å². The molecule has 7 nitrogen and oxygen atoms in total. The van der Waals surface area contributed by atoms with E-state index in [-0.39, 0.29) is 11.9 Å². The van der Waals surface area contributed by atoms with Crippen molar-refractivity contribution in [2.75, 3.05) is 0 Å². The smallest absolute Gasteiger partial charge is 0.272 e.